The zero-order chi connectivity index (χ0) is 13.8. The number of carbonyl (C=O) groups is 2. The van der Waals surface area contributed by atoms with Gasteiger partial charge in [0.1, 0.15) is 6.61 Å². The van der Waals surface area contributed by atoms with Crippen LogP contribution in [0.15, 0.2) is 12.2 Å². The van der Waals surface area contributed by atoms with E-state index in [2.05, 4.69) is 0 Å². The quantitative estimate of drug-likeness (QED) is 0.626. The van der Waals surface area contributed by atoms with E-state index in [0.29, 0.717) is 0 Å². The van der Waals surface area contributed by atoms with E-state index in [1.165, 1.54) is 0 Å². The molecule has 5 nitrogen and oxygen atoms in total. The highest BCUT2D eigenvalue weighted by atomic mass is 19.3. The zero-order valence-electron chi connectivity index (χ0n) is 9.60. The highest BCUT2D eigenvalue weighted by molar-refractivity contribution is 5.85. The summed E-state index contributed by atoms with van der Waals surface area (Å²) < 4.78 is 25.5. The molecule has 0 saturated heterocycles. The van der Waals surface area contributed by atoms with Crippen LogP contribution >= 0.6 is 0 Å². The van der Waals surface area contributed by atoms with Crippen LogP contribution in [0.4, 0.5) is 8.78 Å². The second kappa shape index (κ2) is 5.90. The molecule has 0 saturated carbocycles. The van der Waals surface area contributed by atoms with Gasteiger partial charge in [0.25, 0.3) is 5.92 Å². The van der Waals surface area contributed by atoms with Crippen LogP contribution in [0.1, 0.15) is 12.8 Å². The third-order valence-corrected chi connectivity index (χ3v) is 2.84. The van der Waals surface area contributed by atoms with Crippen LogP contribution in [-0.4, -0.2) is 41.2 Å². The monoisotopic (exact) mass is 263 g/mol. The lowest BCUT2D eigenvalue weighted by molar-refractivity contribution is -0.147. The Hall–Kier alpha value is -1.50. The highest BCUT2D eigenvalue weighted by Gasteiger charge is 2.36. The lowest BCUT2D eigenvalue weighted by atomic mass is 9.82. The number of carbonyl (C=O) groups excluding carboxylic acids is 1. The van der Waals surface area contributed by atoms with E-state index in [4.69, 9.17) is 10.2 Å². The summed E-state index contributed by atoms with van der Waals surface area (Å²) in [6.07, 6.45) is 3.75. The fourth-order valence-corrected chi connectivity index (χ4v) is 1.78. The number of alkyl halides is 2. The Morgan fingerprint density at radius 2 is 1.83 bits per heavy atom. The SMILES string of the molecule is O=C(O)C1CC=CCC1C(=O)NCC(F)(F)CO. The summed E-state index contributed by atoms with van der Waals surface area (Å²) in [4.78, 5) is 22.6. The number of hydrogen-bond donors (Lipinski definition) is 3. The van der Waals surface area contributed by atoms with E-state index in [1.54, 1.807) is 12.2 Å². The van der Waals surface area contributed by atoms with Crippen LogP contribution in [0.2, 0.25) is 0 Å². The van der Waals surface area contributed by atoms with Crippen LogP contribution in [0, 0.1) is 11.8 Å². The maximum atomic E-state index is 12.7. The number of aliphatic carboxylic acids is 1. The Bertz CT molecular complexity index is 357. The van der Waals surface area contributed by atoms with Crippen LogP contribution in [0.5, 0.6) is 0 Å². The summed E-state index contributed by atoms with van der Waals surface area (Å²) in [6.45, 7) is -2.35. The number of aliphatic hydroxyl groups excluding tert-OH is 1. The maximum Gasteiger partial charge on any atom is 0.307 e. The molecule has 0 aliphatic heterocycles. The number of aliphatic hydroxyl groups is 1. The first-order valence-electron chi connectivity index (χ1n) is 5.51. The summed E-state index contributed by atoms with van der Waals surface area (Å²) >= 11 is 0. The molecule has 3 N–H and O–H groups in total. The van der Waals surface area contributed by atoms with Gasteiger partial charge in [0, 0.05) is 0 Å². The molecular weight excluding hydrogens is 248 g/mol. The van der Waals surface area contributed by atoms with Crippen molar-refractivity contribution in [3.8, 4) is 0 Å². The van der Waals surface area contributed by atoms with Gasteiger partial charge >= 0.3 is 5.97 Å². The molecule has 0 aromatic carbocycles. The van der Waals surface area contributed by atoms with Crippen molar-refractivity contribution in [3.05, 3.63) is 12.2 Å². The third-order valence-electron chi connectivity index (χ3n) is 2.84. The van der Waals surface area contributed by atoms with Gasteiger partial charge < -0.3 is 15.5 Å². The molecule has 102 valence electrons. The van der Waals surface area contributed by atoms with Crippen molar-refractivity contribution in [3.63, 3.8) is 0 Å². The molecule has 0 bridgehead atoms. The van der Waals surface area contributed by atoms with Crippen LogP contribution in [0.25, 0.3) is 0 Å². The molecule has 1 aliphatic carbocycles. The number of allylic oxidation sites excluding steroid dienone is 2. The van der Waals surface area contributed by atoms with Crippen molar-refractivity contribution in [1.29, 1.82) is 0 Å². The first-order valence-corrected chi connectivity index (χ1v) is 5.51. The van der Waals surface area contributed by atoms with Crippen molar-refractivity contribution in [2.75, 3.05) is 13.2 Å². The molecule has 0 fully saturated rings. The van der Waals surface area contributed by atoms with E-state index < -0.39 is 42.8 Å². The number of rotatable bonds is 5. The van der Waals surface area contributed by atoms with Crippen molar-refractivity contribution in [2.24, 2.45) is 11.8 Å². The molecule has 0 radical (unpaired) electrons. The summed E-state index contributed by atoms with van der Waals surface area (Å²) in [5.41, 5.74) is 0. The van der Waals surface area contributed by atoms with Gasteiger partial charge in [-0.05, 0) is 12.8 Å². The van der Waals surface area contributed by atoms with Crippen LogP contribution in [-0.2, 0) is 9.59 Å². The number of carboxylic acid groups (broad SMARTS) is 1. The van der Waals surface area contributed by atoms with Gasteiger partial charge in [-0.25, -0.2) is 8.78 Å². The van der Waals surface area contributed by atoms with Gasteiger partial charge in [0.15, 0.2) is 0 Å². The van der Waals surface area contributed by atoms with Gasteiger partial charge in [-0.3, -0.25) is 9.59 Å². The van der Waals surface area contributed by atoms with E-state index >= 15 is 0 Å². The molecule has 0 aromatic rings. The standard InChI is InChI=1S/C11H15F2NO4/c12-11(13,6-15)5-14-9(16)7-3-1-2-4-8(7)10(17)18/h1-2,7-8,15H,3-6H2,(H,14,16)(H,17,18). The average Bonchev–Trinajstić information content (AvgIpc) is 2.36. The Kier molecular flexibility index (Phi) is 4.77. The lowest BCUT2D eigenvalue weighted by Crippen LogP contribution is -2.44. The zero-order valence-corrected chi connectivity index (χ0v) is 9.60. The Morgan fingerprint density at radius 3 is 2.33 bits per heavy atom. The molecular formula is C11H15F2NO4. The minimum absolute atomic E-state index is 0.212. The minimum Gasteiger partial charge on any atom is -0.481 e. The van der Waals surface area contributed by atoms with Gasteiger partial charge in [-0.15, -0.1) is 0 Å². The Labute approximate surface area is 102 Å². The second-order valence-electron chi connectivity index (χ2n) is 4.23. The fraction of sp³-hybridized carbons (Fsp3) is 0.636. The molecule has 1 amide bonds. The lowest BCUT2D eigenvalue weighted by Gasteiger charge is -2.25. The smallest absolute Gasteiger partial charge is 0.307 e. The van der Waals surface area contributed by atoms with E-state index in [-0.39, 0.29) is 12.8 Å². The van der Waals surface area contributed by atoms with Gasteiger partial charge in [-0.1, -0.05) is 12.2 Å². The maximum absolute atomic E-state index is 12.7. The summed E-state index contributed by atoms with van der Waals surface area (Å²) in [5, 5.41) is 19.3. The molecule has 2 unspecified atom stereocenters. The Morgan fingerprint density at radius 1 is 1.28 bits per heavy atom. The first-order chi connectivity index (χ1) is 8.37. The fourth-order valence-electron chi connectivity index (χ4n) is 1.78. The summed E-state index contributed by atoms with van der Waals surface area (Å²) in [7, 11) is 0. The predicted octanol–water partition coefficient (Wildman–Crippen LogP) is 0.397. The number of amides is 1. The largest absolute Gasteiger partial charge is 0.481 e. The van der Waals surface area contributed by atoms with Gasteiger partial charge in [-0.2, -0.15) is 0 Å². The predicted molar refractivity (Wildman–Crippen MR) is 58.0 cm³/mol. The molecule has 2 atom stereocenters. The molecule has 0 spiro atoms. The summed E-state index contributed by atoms with van der Waals surface area (Å²) in [6, 6.07) is 0. The highest BCUT2D eigenvalue weighted by Crippen LogP contribution is 2.26. The van der Waals surface area contributed by atoms with E-state index in [0.717, 1.165) is 0 Å². The number of hydrogen-bond acceptors (Lipinski definition) is 3. The van der Waals surface area contributed by atoms with E-state index in [1.807, 2.05) is 5.32 Å². The van der Waals surface area contributed by atoms with Crippen molar-refractivity contribution < 1.29 is 28.6 Å². The normalized spacial score (nSPS) is 23.7. The molecule has 1 rings (SSSR count). The van der Waals surface area contributed by atoms with Crippen molar-refractivity contribution in [1.82, 2.24) is 5.32 Å². The number of nitrogens with one attached hydrogen (secondary N) is 1. The van der Waals surface area contributed by atoms with Gasteiger partial charge in [0.05, 0.1) is 18.4 Å². The third kappa shape index (κ3) is 3.76. The van der Waals surface area contributed by atoms with Crippen molar-refractivity contribution >= 4 is 11.9 Å². The molecule has 0 aromatic heterocycles. The van der Waals surface area contributed by atoms with Crippen molar-refractivity contribution in [2.45, 2.75) is 18.8 Å². The number of halogens is 2. The van der Waals surface area contributed by atoms with Crippen LogP contribution in [0.3, 0.4) is 0 Å². The molecule has 18 heavy (non-hydrogen) atoms. The van der Waals surface area contributed by atoms with Crippen LogP contribution < -0.4 is 5.32 Å². The molecule has 0 heterocycles. The second-order valence-corrected chi connectivity index (χ2v) is 4.23. The summed E-state index contributed by atoms with van der Waals surface area (Å²) in [5.74, 6) is -6.97. The van der Waals surface area contributed by atoms with Gasteiger partial charge in [0.2, 0.25) is 5.91 Å². The molecule has 7 heteroatoms. The first kappa shape index (κ1) is 14.6. The topological polar surface area (TPSA) is 86.6 Å². The Balaban J connectivity index is 2.60. The average molecular weight is 263 g/mol. The number of carboxylic acids is 1. The van der Waals surface area contributed by atoms with E-state index in [9.17, 15) is 18.4 Å². The molecule has 1 aliphatic rings. The minimum atomic E-state index is -3.39.